The van der Waals surface area contributed by atoms with Gasteiger partial charge in [0.15, 0.2) is 6.29 Å². The number of amides is 1. The topological polar surface area (TPSA) is 56.8 Å². The summed E-state index contributed by atoms with van der Waals surface area (Å²) in [4.78, 5) is 17.3. The molecule has 0 saturated carbocycles. The van der Waals surface area contributed by atoms with Gasteiger partial charge in [-0.2, -0.15) is 0 Å². The van der Waals surface area contributed by atoms with Gasteiger partial charge in [0.25, 0.3) is 5.91 Å². The van der Waals surface area contributed by atoms with Crippen molar-refractivity contribution < 1.29 is 19.1 Å². The summed E-state index contributed by atoms with van der Waals surface area (Å²) in [6, 6.07) is 7.07. The number of nitrogens with one attached hydrogen (secondary N) is 1. The first-order valence-electron chi connectivity index (χ1n) is 6.60. The first kappa shape index (κ1) is 13.8. The van der Waals surface area contributed by atoms with Crippen LogP contribution in [0.2, 0.25) is 0 Å². The van der Waals surface area contributed by atoms with Crippen LogP contribution in [0.1, 0.15) is 36.5 Å². The van der Waals surface area contributed by atoms with Crippen LogP contribution in [0, 0.1) is 0 Å². The van der Waals surface area contributed by atoms with E-state index in [1.165, 1.54) is 0 Å². The van der Waals surface area contributed by atoms with Crippen LogP contribution < -0.4 is 10.2 Å². The third-order valence-corrected chi connectivity index (χ3v) is 2.85. The Hall–Kier alpha value is -1.59. The minimum atomic E-state index is -0.350. The maximum absolute atomic E-state index is 12.0. The maximum Gasteiger partial charge on any atom is 0.278 e. The molecule has 1 aliphatic heterocycles. The Morgan fingerprint density at radius 2 is 2.26 bits per heavy atom. The minimum Gasteiger partial charge on any atom is -0.493 e. The summed E-state index contributed by atoms with van der Waals surface area (Å²) in [5.74, 6) is 0.230. The third-order valence-electron chi connectivity index (χ3n) is 2.85. The van der Waals surface area contributed by atoms with Crippen molar-refractivity contribution in [3.8, 4) is 5.75 Å². The molecule has 2 rings (SSSR count). The standard InChI is InChI=1S/C14H19NO4/c1-2-17-12-8-4-3-7-11(12)14(16)15-19-13-9-5-6-10-18-13/h3-4,7-8,13H,2,5-6,9-10H2,1H3,(H,15,16). The van der Waals surface area contributed by atoms with Crippen molar-refractivity contribution >= 4 is 5.91 Å². The molecule has 0 spiro atoms. The molecule has 19 heavy (non-hydrogen) atoms. The van der Waals surface area contributed by atoms with E-state index in [9.17, 15) is 4.79 Å². The van der Waals surface area contributed by atoms with E-state index in [0.29, 0.717) is 24.5 Å². The molecular formula is C14H19NO4. The second-order valence-electron chi connectivity index (χ2n) is 4.27. The van der Waals surface area contributed by atoms with Crippen molar-refractivity contribution in [2.75, 3.05) is 13.2 Å². The number of rotatable bonds is 5. The molecule has 5 heteroatoms. The molecule has 1 heterocycles. The number of carbonyl (C=O) groups is 1. The predicted octanol–water partition coefficient (Wildman–Crippen LogP) is 2.27. The third kappa shape index (κ3) is 3.94. The fourth-order valence-electron chi connectivity index (χ4n) is 1.91. The summed E-state index contributed by atoms with van der Waals surface area (Å²) >= 11 is 0. The van der Waals surface area contributed by atoms with Gasteiger partial charge < -0.3 is 9.47 Å². The molecular weight excluding hydrogens is 246 g/mol. The zero-order valence-electron chi connectivity index (χ0n) is 11.1. The molecule has 1 aliphatic rings. The molecule has 0 aromatic heterocycles. The highest BCUT2D eigenvalue weighted by atomic mass is 16.8. The summed E-state index contributed by atoms with van der Waals surface area (Å²) in [6.07, 6.45) is 2.54. The second kappa shape index (κ2) is 7.11. The Kier molecular flexibility index (Phi) is 5.18. The Labute approximate surface area is 112 Å². The van der Waals surface area contributed by atoms with Crippen molar-refractivity contribution in [3.05, 3.63) is 29.8 Å². The summed E-state index contributed by atoms with van der Waals surface area (Å²) in [5.41, 5.74) is 2.88. The highest BCUT2D eigenvalue weighted by Crippen LogP contribution is 2.18. The number of ether oxygens (including phenoxy) is 2. The van der Waals surface area contributed by atoms with Crippen LogP contribution in [0.5, 0.6) is 5.75 Å². The fraction of sp³-hybridized carbons (Fsp3) is 0.500. The van der Waals surface area contributed by atoms with Crippen LogP contribution in [0.4, 0.5) is 0 Å². The first-order valence-corrected chi connectivity index (χ1v) is 6.60. The van der Waals surface area contributed by atoms with Crippen molar-refractivity contribution in [1.29, 1.82) is 0 Å². The molecule has 0 aliphatic carbocycles. The van der Waals surface area contributed by atoms with Crippen molar-refractivity contribution in [2.24, 2.45) is 0 Å². The average molecular weight is 265 g/mol. The zero-order chi connectivity index (χ0) is 13.5. The largest absolute Gasteiger partial charge is 0.493 e. The van der Waals surface area contributed by atoms with E-state index in [1.54, 1.807) is 18.2 Å². The van der Waals surface area contributed by atoms with Gasteiger partial charge >= 0.3 is 0 Å². The van der Waals surface area contributed by atoms with Gasteiger partial charge in [0, 0.05) is 13.0 Å². The maximum atomic E-state index is 12.0. The number of hydroxylamine groups is 1. The molecule has 1 atom stereocenters. The van der Waals surface area contributed by atoms with Crippen LogP contribution in [0.15, 0.2) is 24.3 Å². The molecule has 1 fully saturated rings. The van der Waals surface area contributed by atoms with E-state index in [4.69, 9.17) is 14.3 Å². The normalized spacial score (nSPS) is 18.9. The van der Waals surface area contributed by atoms with Crippen molar-refractivity contribution in [2.45, 2.75) is 32.5 Å². The van der Waals surface area contributed by atoms with Gasteiger partial charge in [0.2, 0.25) is 0 Å². The molecule has 1 aromatic rings. The minimum absolute atomic E-state index is 0.321. The van der Waals surface area contributed by atoms with E-state index in [2.05, 4.69) is 5.48 Å². The van der Waals surface area contributed by atoms with Gasteiger partial charge in [-0.3, -0.25) is 4.79 Å². The average Bonchev–Trinajstić information content (AvgIpc) is 2.47. The summed E-state index contributed by atoms with van der Waals surface area (Å²) in [5, 5.41) is 0. The molecule has 1 unspecified atom stereocenters. The molecule has 104 valence electrons. The van der Waals surface area contributed by atoms with Gasteiger partial charge in [0.1, 0.15) is 5.75 Å². The molecule has 1 N–H and O–H groups in total. The molecule has 1 saturated heterocycles. The van der Waals surface area contributed by atoms with Gasteiger partial charge in [-0.15, -0.1) is 0 Å². The molecule has 1 aromatic carbocycles. The smallest absolute Gasteiger partial charge is 0.278 e. The van der Waals surface area contributed by atoms with Crippen LogP contribution in [-0.4, -0.2) is 25.4 Å². The Morgan fingerprint density at radius 3 is 3.00 bits per heavy atom. The first-order chi connectivity index (χ1) is 9.31. The number of hydrogen-bond donors (Lipinski definition) is 1. The summed E-state index contributed by atoms with van der Waals surface area (Å²) in [6.45, 7) is 3.06. The lowest BCUT2D eigenvalue weighted by Gasteiger charge is -2.22. The van der Waals surface area contributed by atoms with E-state index < -0.39 is 0 Å². The quantitative estimate of drug-likeness (QED) is 0.830. The van der Waals surface area contributed by atoms with Gasteiger partial charge in [-0.25, -0.2) is 10.3 Å². The SMILES string of the molecule is CCOc1ccccc1C(=O)NOC1CCCCO1. The van der Waals surface area contributed by atoms with Crippen molar-refractivity contribution in [1.82, 2.24) is 5.48 Å². The summed E-state index contributed by atoms with van der Waals surface area (Å²) in [7, 11) is 0. The predicted molar refractivity (Wildman–Crippen MR) is 69.8 cm³/mol. The summed E-state index contributed by atoms with van der Waals surface area (Å²) < 4.78 is 10.8. The number of hydrogen-bond acceptors (Lipinski definition) is 4. The Morgan fingerprint density at radius 1 is 1.42 bits per heavy atom. The number of para-hydroxylation sites is 1. The van der Waals surface area contributed by atoms with Crippen LogP contribution in [0.3, 0.4) is 0 Å². The highest BCUT2D eigenvalue weighted by molar-refractivity contribution is 5.96. The van der Waals surface area contributed by atoms with E-state index in [0.717, 1.165) is 19.3 Å². The lowest BCUT2D eigenvalue weighted by atomic mass is 10.2. The lowest BCUT2D eigenvalue weighted by molar-refractivity contribution is -0.186. The van der Waals surface area contributed by atoms with E-state index >= 15 is 0 Å². The second-order valence-corrected chi connectivity index (χ2v) is 4.27. The number of carbonyl (C=O) groups excluding carboxylic acids is 1. The van der Waals surface area contributed by atoms with E-state index in [1.807, 2.05) is 13.0 Å². The Bertz CT molecular complexity index is 416. The highest BCUT2D eigenvalue weighted by Gasteiger charge is 2.17. The van der Waals surface area contributed by atoms with Crippen LogP contribution >= 0.6 is 0 Å². The monoisotopic (exact) mass is 265 g/mol. The Balaban J connectivity index is 1.91. The molecule has 0 radical (unpaired) electrons. The van der Waals surface area contributed by atoms with Crippen LogP contribution in [-0.2, 0) is 9.57 Å². The number of benzene rings is 1. The molecule has 5 nitrogen and oxygen atoms in total. The van der Waals surface area contributed by atoms with Crippen LogP contribution in [0.25, 0.3) is 0 Å². The zero-order valence-corrected chi connectivity index (χ0v) is 11.1. The van der Waals surface area contributed by atoms with Gasteiger partial charge in [-0.05, 0) is 31.9 Å². The van der Waals surface area contributed by atoms with Crippen molar-refractivity contribution in [3.63, 3.8) is 0 Å². The fourth-order valence-corrected chi connectivity index (χ4v) is 1.91. The van der Waals surface area contributed by atoms with Gasteiger partial charge in [-0.1, -0.05) is 12.1 Å². The molecule has 0 bridgehead atoms. The van der Waals surface area contributed by atoms with Gasteiger partial charge in [0.05, 0.1) is 12.2 Å². The lowest BCUT2D eigenvalue weighted by Crippen LogP contribution is -2.33. The molecule has 1 amide bonds. The van der Waals surface area contributed by atoms with E-state index in [-0.39, 0.29) is 12.2 Å².